The van der Waals surface area contributed by atoms with Gasteiger partial charge in [-0.25, -0.2) is 9.78 Å². The minimum absolute atomic E-state index is 0.170. The van der Waals surface area contributed by atoms with Crippen molar-refractivity contribution in [3.05, 3.63) is 21.9 Å². The number of carbonyl (C=O) groups excluding carboxylic acids is 1. The molecule has 116 valence electrons. The molecule has 0 spiro atoms. The number of rotatable bonds is 5. The number of halogens is 3. The van der Waals surface area contributed by atoms with Crippen LogP contribution in [0.5, 0.6) is 11.6 Å². The van der Waals surface area contributed by atoms with Crippen molar-refractivity contribution in [3.63, 3.8) is 0 Å². The standard InChI is InChI=1S/C10H9F3N2O6/c1-3-20-9(16)6-7(19-2)5(15(17)18)4-14-8(6)21-10(11,12)13/h4H,3H2,1-2H3. The molecule has 11 heteroatoms. The topological polar surface area (TPSA) is 101 Å². The van der Waals surface area contributed by atoms with Gasteiger partial charge >= 0.3 is 18.0 Å². The van der Waals surface area contributed by atoms with E-state index in [1.165, 1.54) is 6.92 Å². The molecule has 1 aromatic heterocycles. The van der Waals surface area contributed by atoms with Crippen LogP contribution in [0.15, 0.2) is 6.20 Å². The minimum Gasteiger partial charge on any atom is -0.489 e. The molecular formula is C10H9F3N2O6. The van der Waals surface area contributed by atoms with Gasteiger partial charge in [0.25, 0.3) is 0 Å². The van der Waals surface area contributed by atoms with E-state index in [-0.39, 0.29) is 6.61 Å². The van der Waals surface area contributed by atoms with Crippen LogP contribution in [0.3, 0.4) is 0 Å². The summed E-state index contributed by atoms with van der Waals surface area (Å²) in [4.78, 5) is 24.6. The number of aromatic nitrogens is 1. The summed E-state index contributed by atoms with van der Waals surface area (Å²) in [6.45, 7) is 1.23. The molecule has 0 fully saturated rings. The van der Waals surface area contributed by atoms with Crippen LogP contribution in [0.4, 0.5) is 18.9 Å². The van der Waals surface area contributed by atoms with Crippen LogP contribution in [0.25, 0.3) is 0 Å². The van der Waals surface area contributed by atoms with Gasteiger partial charge in [-0.3, -0.25) is 10.1 Å². The zero-order chi connectivity index (χ0) is 16.2. The molecule has 0 aliphatic carbocycles. The van der Waals surface area contributed by atoms with Crippen molar-refractivity contribution in [1.82, 2.24) is 4.98 Å². The number of nitrogens with zero attached hydrogens (tertiary/aromatic N) is 2. The number of esters is 1. The van der Waals surface area contributed by atoms with E-state index in [1.807, 2.05) is 0 Å². The van der Waals surface area contributed by atoms with Gasteiger partial charge in [0.2, 0.25) is 11.6 Å². The van der Waals surface area contributed by atoms with Crippen molar-refractivity contribution < 1.29 is 37.1 Å². The number of ether oxygens (including phenoxy) is 3. The van der Waals surface area contributed by atoms with E-state index in [4.69, 9.17) is 0 Å². The number of carbonyl (C=O) groups is 1. The smallest absolute Gasteiger partial charge is 0.489 e. The predicted octanol–water partition coefficient (Wildman–Crippen LogP) is 2.07. The van der Waals surface area contributed by atoms with Gasteiger partial charge in [-0.1, -0.05) is 0 Å². The Morgan fingerprint density at radius 1 is 1.48 bits per heavy atom. The zero-order valence-corrected chi connectivity index (χ0v) is 10.8. The molecule has 0 radical (unpaired) electrons. The van der Waals surface area contributed by atoms with E-state index in [2.05, 4.69) is 19.2 Å². The second kappa shape index (κ2) is 6.24. The molecule has 0 bridgehead atoms. The van der Waals surface area contributed by atoms with Crippen LogP contribution >= 0.6 is 0 Å². The summed E-state index contributed by atoms with van der Waals surface area (Å²) in [5.41, 5.74) is -1.71. The Bertz CT molecular complexity index is 560. The molecular weight excluding hydrogens is 301 g/mol. The number of hydrogen-bond donors (Lipinski definition) is 0. The first kappa shape index (κ1) is 16.5. The molecule has 1 rings (SSSR count). The fourth-order valence-electron chi connectivity index (χ4n) is 1.38. The molecule has 0 aliphatic rings. The lowest BCUT2D eigenvalue weighted by atomic mass is 10.2. The van der Waals surface area contributed by atoms with E-state index >= 15 is 0 Å². The van der Waals surface area contributed by atoms with E-state index in [9.17, 15) is 28.1 Å². The molecule has 0 unspecified atom stereocenters. The fourth-order valence-corrected chi connectivity index (χ4v) is 1.38. The molecule has 8 nitrogen and oxygen atoms in total. The average Bonchev–Trinajstić information content (AvgIpc) is 2.35. The number of pyridine rings is 1. The van der Waals surface area contributed by atoms with E-state index < -0.39 is 40.1 Å². The van der Waals surface area contributed by atoms with Crippen molar-refractivity contribution in [2.75, 3.05) is 13.7 Å². The Morgan fingerprint density at radius 2 is 2.10 bits per heavy atom. The number of hydrogen-bond acceptors (Lipinski definition) is 7. The zero-order valence-electron chi connectivity index (χ0n) is 10.8. The largest absolute Gasteiger partial charge is 0.574 e. The maximum atomic E-state index is 12.3. The molecule has 1 aromatic rings. The highest BCUT2D eigenvalue weighted by Crippen LogP contribution is 2.37. The highest BCUT2D eigenvalue weighted by atomic mass is 19.4. The highest BCUT2D eigenvalue weighted by Gasteiger charge is 2.37. The Kier molecular flexibility index (Phi) is 4.89. The third-order valence-electron chi connectivity index (χ3n) is 2.07. The van der Waals surface area contributed by atoms with Crippen LogP contribution in [0.2, 0.25) is 0 Å². The Labute approximate surface area is 115 Å². The Morgan fingerprint density at radius 3 is 2.52 bits per heavy atom. The monoisotopic (exact) mass is 310 g/mol. The maximum absolute atomic E-state index is 12.3. The number of methoxy groups -OCH3 is 1. The van der Waals surface area contributed by atoms with Crippen molar-refractivity contribution in [2.24, 2.45) is 0 Å². The van der Waals surface area contributed by atoms with Crippen molar-refractivity contribution in [2.45, 2.75) is 13.3 Å². The second-order valence-electron chi connectivity index (χ2n) is 3.38. The van der Waals surface area contributed by atoms with Gasteiger partial charge in [0.1, 0.15) is 6.20 Å². The van der Waals surface area contributed by atoms with Crippen LogP contribution < -0.4 is 9.47 Å². The molecule has 0 saturated heterocycles. The summed E-state index contributed by atoms with van der Waals surface area (Å²) in [6, 6.07) is 0. The fraction of sp³-hybridized carbons (Fsp3) is 0.400. The van der Waals surface area contributed by atoms with Crippen molar-refractivity contribution in [3.8, 4) is 11.6 Å². The summed E-state index contributed by atoms with van der Waals surface area (Å²) in [5, 5.41) is 10.8. The van der Waals surface area contributed by atoms with E-state index in [1.54, 1.807) is 0 Å². The van der Waals surface area contributed by atoms with Crippen LogP contribution in [-0.2, 0) is 4.74 Å². The van der Waals surface area contributed by atoms with Gasteiger partial charge in [0, 0.05) is 0 Å². The van der Waals surface area contributed by atoms with Gasteiger partial charge in [-0.15, -0.1) is 13.2 Å². The molecule has 1 heterocycles. The molecule has 0 aromatic carbocycles. The van der Waals surface area contributed by atoms with Gasteiger partial charge in [0.05, 0.1) is 18.6 Å². The Hall–Kier alpha value is -2.59. The first-order valence-corrected chi connectivity index (χ1v) is 5.35. The molecule has 0 atom stereocenters. The van der Waals surface area contributed by atoms with Gasteiger partial charge < -0.3 is 14.2 Å². The van der Waals surface area contributed by atoms with Crippen LogP contribution in [0, 0.1) is 10.1 Å². The predicted molar refractivity (Wildman–Crippen MR) is 60.1 cm³/mol. The normalized spacial score (nSPS) is 10.9. The van der Waals surface area contributed by atoms with Crippen molar-refractivity contribution >= 4 is 11.7 Å². The van der Waals surface area contributed by atoms with Crippen molar-refractivity contribution in [1.29, 1.82) is 0 Å². The van der Waals surface area contributed by atoms with Crippen LogP contribution in [-0.4, -0.2) is 36.0 Å². The third kappa shape index (κ3) is 3.94. The number of nitro groups is 1. The lowest BCUT2D eigenvalue weighted by Gasteiger charge is -2.13. The summed E-state index contributed by atoms with van der Waals surface area (Å²) >= 11 is 0. The molecule has 0 aliphatic heterocycles. The first-order valence-electron chi connectivity index (χ1n) is 5.35. The quantitative estimate of drug-likeness (QED) is 0.466. The summed E-state index contributed by atoms with van der Waals surface area (Å²) < 4.78 is 49.6. The minimum atomic E-state index is -5.14. The van der Waals surface area contributed by atoms with Gasteiger partial charge in [-0.2, -0.15) is 0 Å². The maximum Gasteiger partial charge on any atom is 0.574 e. The SMILES string of the molecule is CCOC(=O)c1c(OC(F)(F)F)ncc([N+](=O)[O-])c1OC. The van der Waals surface area contributed by atoms with E-state index in [0.29, 0.717) is 6.20 Å². The lowest BCUT2D eigenvalue weighted by Crippen LogP contribution is -2.21. The lowest BCUT2D eigenvalue weighted by molar-refractivity contribution is -0.386. The summed E-state index contributed by atoms with van der Waals surface area (Å²) in [7, 11) is 0.947. The summed E-state index contributed by atoms with van der Waals surface area (Å²) in [6.07, 6.45) is -4.65. The second-order valence-corrected chi connectivity index (χ2v) is 3.38. The number of alkyl halides is 3. The molecule has 0 saturated carbocycles. The van der Waals surface area contributed by atoms with E-state index in [0.717, 1.165) is 7.11 Å². The van der Waals surface area contributed by atoms with Crippen LogP contribution in [0.1, 0.15) is 17.3 Å². The molecule has 0 N–H and O–H groups in total. The summed E-state index contributed by atoms with van der Waals surface area (Å²) in [5.74, 6) is -3.21. The Balaban J connectivity index is 3.51. The third-order valence-corrected chi connectivity index (χ3v) is 2.07. The van der Waals surface area contributed by atoms with Gasteiger partial charge in [0.15, 0.2) is 5.56 Å². The average molecular weight is 310 g/mol. The molecule has 21 heavy (non-hydrogen) atoms. The van der Waals surface area contributed by atoms with Gasteiger partial charge in [-0.05, 0) is 6.92 Å². The highest BCUT2D eigenvalue weighted by molar-refractivity contribution is 5.96. The molecule has 0 amide bonds. The first-order chi connectivity index (χ1) is 9.71.